The second-order valence-electron chi connectivity index (χ2n) is 4.51. The van der Waals surface area contributed by atoms with Crippen LogP contribution in [0.15, 0.2) is 24.3 Å². The van der Waals surface area contributed by atoms with Crippen LogP contribution >= 0.6 is 11.6 Å². The van der Waals surface area contributed by atoms with Crippen molar-refractivity contribution in [3.05, 3.63) is 34.9 Å². The zero-order valence-corrected chi connectivity index (χ0v) is 12.1. The van der Waals surface area contributed by atoms with Gasteiger partial charge in [0.25, 0.3) is 5.91 Å². The van der Waals surface area contributed by atoms with Crippen molar-refractivity contribution in [3.63, 3.8) is 0 Å². The normalized spacial score (nSPS) is 13.5. The Morgan fingerprint density at radius 3 is 2.53 bits per heavy atom. The zero-order valence-electron chi connectivity index (χ0n) is 11.3. The van der Waals surface area contributed by atoms with Crippen LogP contribution in [0.1, 0.15) is 37.0 Å². The molecular formula is C14H18ClNO3. The van der Waals surface area contributed by atoms with Gasteiger partial charge in [-0.05, 0) is 25.5 Å². The number of carbonyl (C=O) groups is 2. The molecule has 5 heteroatoms. The molecule has 0 aliphatic heterocycles. The van der Waals surface area contributed by atoms with Crippen molar-refractivity contribution < 1.29 is 14.3 Å². The first-order valence-electron chi connectivity index (χ1n) is 6.10. The van der Waals surface area contributed by atoms with Crippen molar-refractivity contribution in [3.8, 4) is 0 Å². The number of ether oxygens (including phenoxy) is 1. The Kier molecular flexibility index (Phi) is 5.36. The Morgan fingerprint density at radius 1 is 1.37 bits per heavy atom. The Labute approximate surface area is 118 Å². The highest BCUT2D eigenvalue weighted by molar-refractivity contribution is 6.33. The molecule has 0 bridgehead atoms. The van der Waals surface area contributed by atoms with Gasteiger partial charge < -0.3 is 10.1 Å². The number of hydrogen-bond acceptors (Lipinski definition) is 3. The fraction of sp³-hybridized carbons (Fsp3) is 0.429. The molecule has 19 heavy (non-hydrogen) atoms. The molecule has 0 fully saturated rings. The van der Waals surface area contributed by atoms with Crippen LogP contribution in [0.5, 0.6) is 0 Å². The first kappa shape index (κ1) is 15.5. The van der Waals surface area contributed by atoms with Gasteiger partial charge in [-0.2, -0.15) is 0 Å². The van der Waals surface area contributed by atoms with Crippen molar-refractivity contribution in [2.24, 2.45) is 0 Å². The van der Waals surface area contributed by atoms with Crippen LogP contribution < -0.4 is 5.32 Å². The summed E-state index contributed by atoms with van der Waals surface area (Å²) in [6.07, 6.45) is 1.24. The highest BCUT2D eigenvalue weighted by Gasteiger charge is 2.35. The van der Waals surface area contributed by atoms with Gasteiger partial charge in [-0.1, -0.05) is 37.1 Å². The lowest BCUT2D eigenvalue weighted by Crippen LogP contribution is -2.52. The molecule has 1 atom stereocenters. The standard InChI is InChI=1S/C14H18ClNO3/c1-4-9-14(2,13(18)19-3)16-12(17)10-7-5-6-8-11(10)15/h5-8H,4,9H2,1-3H3,(H,16,17). The summed E-state index contributed by atoms with van der Waals surface area (Å²) in [6, 6.07) is 6.70. The number of hydrogen-bond donors (Lipinski definition) is 1. The highest BCUT2D eigenvalue weighted by atomic mass is 35.5. The average Bonchev–Trinajstić information content (AvgIpc) is 2.38. The maximum Gasteiger partial charge on any atom is 0.331 e. The lowest BCUT2D eigenvalue weighted by molar-refractivity contribution is -0.147. The third kappa shape index (κ3) is 3.70. The highest BCUT2D eigenvalue weighted by Crippen LogP contribution is 2.19. The second kappa shape index (κ2) is 6.57. The van der Waals surface area contributed by atoms with Gasteiger partial charge in [0, 0.05) is 0 Å². The Balaban J connectivity index is 2.95. The van der Waals surface area contributed by atoms with Gasteiger partial charge >= 0.3 is 5.97 Å². The van der Waals surface area contributed by atoms with Crippen molar-refractivity contribution >= 4 is 23.5 Å². The molecule has 1 unspecified atom stereocenters. The second-order valence-corrected chi connectivity index (χ2v) is 4.91. The molecule has 1 amide bonds. The smallest absolute Gasteiger partial charge is 0.331 e. The predicted molar refractivity (Wildman–Crippen MR) is 74.2 cm³/mol. The topological polar surface area (TPSA) is 55.4 Å². The Hall–Kier alpha value is -1.55. The third-order valence-corrected chi connectivity index (χ3v) is 3.22. The van der Waals surface area contributed by atoms with Crippen LogP contribution in [-0.2, 0) is 9.53 Å². The van der Waals surface area contributed by atoms with E-state index < -0.39 is 11.5 Å². The van der Waals surface area contributed by atoms with Crippen LogP contribution in [0.2, 0.25) is 5.02 Å². The van der Waals surface area contributed by atoms with Gasteiger partial charge in [-0.15, -0.1) is 0 Å². The van der Waals surface area contributed by atoms with E-state index in [1.54, 1.807) is 31.2 Å². The average molecular weight is 284 g/mol. The Morgan fingerprint density at radius 2 is 2.00 bits per heavy atom. The summed E-state index contributed by atoms with van der Waals surface area (Å²) in [5, 5.41) is 3.05. The fourth-order valence-corrected chi connectivity index (χ4v) is 2.13. The molecule has 1 aromatic carbocycles. The van der Waals surface area contributed by atoms with Gasteiger partial charge in [0.05, 0.1) is 17.7 Å². The van der Waals surface area contributed by atoms with Gasteiger partial charge in [0.1, 0.15) is 5.54 Å². The molecular weight excluding hydrogens is 266 g/mol. The molecule has 4 nitrogen and oxygen atoms in total. The SMILES string of the molecule is CCCC(C)(NC(=O)c1ccccc1Cl)C(=O)OC. The molecule has 0 aliphatic rings. The van der Waals surface area contributed by atoms with E-state index in [4.69, 9.17) is 16.3 Å². The molecule has 0 saturated heterocycles. The quantitative estimate of drug-likeness (QED) is 0.846. The number of amides is 1. The molecule has 0 radical (unpaired) electrons. The first-order chi connectivity index (χ1) is 8.94. The molecule has 1 N–H and O–H groups in total. The van der Waals surface area contributed by atoms with E-state index in [1.807, 2.05) is 6.92 Å². The van der Waals surface area contributed by atoms with E-state index in [2.05, 4.69) is 5.32 Å². The largest absolute Gasteiger partial charge is 0.467 e. The number of halogens is 1. The van der Waals surface area contributed by atoms with Gasteiger partial charge in [0.15, 0.2) is 0 Å². The summed E-state index contributed by atoms with van der Waals surface area (Å²) in [6.45, 7) is 3.58. The van der Waals surface area contributed by atoms with Crippen LogP contribution in [0.25, 0.3) is 0 Å². The monoisotopic (exact) mass is 283 g/mol. The third-order valence-electron chi connectivity index (χ3n) is 2.89. The van der Waals surface area contributed by atoms with Crippen molar-refractivity contribution in [2.45, 2.75) is 32.2 Å². The summed E-state index contributed by atoms with van der Waals surface area (Å²) in [5.74, 6) is -0.846. The maximum absolute atomic E-state index is 12.2. The number of rotatable bonds is 5. The van der Waals surface area contributed by atoms with E-state index in [0.29, 0.717) is 17.0 Å². The van der Waals surface area contributed by atoms with Crippen LogP contribution in [0.4, 0.5) is 0 Å². The molecule has 0 aliphatic carbocycles. The minimum Gasteiger partial charge on any atom is -0.467 e. The van der Waals surface area contributed by atoms with E-state index >= 15 is 0 Å². The summed E-state index contributed by atoms with van der Waals surface area (Å²) >= 11 is 5.96. The van der Waals surface area contributed by atoms with Crippen LogP contribution in [-0.4, -0.2) is 24.5 Å². The molecule has 0 aromatic heterocycles. The van der Waals surface area contributed by atoms with Crippen molar-refractivity contribution in [1.29, 1.82) is 0 Å². The number of carbonyl (C=O) groups excluding carboxylic acids is 2. The zero-order chi connectivity index (χ0) is 14.5. The molecule has 1 aromatic rings. The Bertz CT molecular complexity index is 476. The van der Waals surface area contributed by atoms with E-state index in [9.17, 15) is 9.59 Å². The molecule has 0 heterocycles. The molecule has 0 saturated carbocycles. The van der Waals surface area contributed by atoms with Crippen LogP contribution in [0, 0.1) is 0 Å². The number of methoxy groups -OCH3 is 1. The molecule has 104 valence electrons. The van der Waals surface area contributed by atoms with Crippen molar-refractivity contribution in [2.75, 3.05) is 7.11 Å². The lowest BCUT2D eigenvalue weighted by atomic mass is 9.95. The predicted octanol–water partition coefficient (Wildman–Crippen LogP) is 2.80. The van der Waals surface area contributed by atoms with Crippen molar-refractivity contribution in [1.82, 2.24) is 5.32 Å². The lowest BCUT2D eigenvalue weighted by Gasteiger charge is -2.27. The van der Waals surface area contributed by atoms with Gasteiger partial charge in [-0.25, -0.2) is 4.79 Å². The summed E-state index contributed by atoms with van der Waals surface area (Å²) in [5.41, 5.74) is -0.699. The van der Waals surface area contributed by atoms with Crippen LogP contribution in [0.3, 0.4) is 0 Å². The molecule has 0 spiro atoms. The minimum absolute atomic E-state index is 0.343. The number of nitrogens with one attached hydrogen (secondary N) is 1. The minimum atomic E-state index is -1.04. The van der Waals surface area contributed by atoms with Gasteiger partial charge in [0.2, 0.25) is 0 Å². The summed E-state index contributed by atoms with van der Waals surface area (Å²) in [4.78, 5) is 24.0. The van der Waals surface area contributed by atoms with E-state index in [-0.39, 0.29) is 5.91 Å². The number of esters is 1. The van der Waals surface area contributed by atoms with E-state index in [0.717, 1.165) is 6.42 Å². The summed E-state index contributed by atoms with van der Waals surface area (Å²) < 4.78 is 4.75. The summed E-state index contributed by atoms with van der Waals surface area (Å²) in [7, 11) is 1.30. The van der Waals surface area contributed by atoms with E-state index in [1.165, 1.54) is 7.11 Å². The first-order valence-corrected chi connectivity index (χ1v) is 6.48. The fourth-order valence-electron chi connectivity index (χ4n) is 1.90. The maximum atomic E-state index is 12.2. The molecule has 1 rings (SSSR count). The van der Waals surface area contributed by atoms with Gasteiger partial charge in [-0.3, -0.25) is 4.79 Å². The number of benzene rings is 1.